The summed E-state index contributed by atoms with van der Waals surface area (Å²) in [6.45, 7) is -0.0257. The van der Waals surface area contributed by atoms with Gasteiger partial charge in [-0.2, -0.15) is 0 Å². The van der Waals surface area contributed by atoms with E-state index in [1.807, 2.05) is 18.2 Å². The number of thioether (sulfide) groups is 1. The third-order valence-electron chi connectivity index (χ3n) is 3.35. The van der Waals surface area contributed by atoms with Gasteiger partial charge >= 0.3 is 5.97 Å². The molecule has 1 heterocycles. The van der Waals surface area contributed by atoms with E-state index in [0.717, 1.165) is 11.6 Å². The highest BCUT2D eigenvalue weighted by Gasteiger charge is 2.20. The van der Waals surface area contributed by atoms with Crippen molar-refractivity contribution in [3.63, 3.8) is 0 Å². The lowest BCUT2D eigenvalue weighted by molar-refractivity contribution is -0.118. The molecule has 0 unspecified atom stereocenters. The van der Waals surface area contributed by atoms with Crippen LogP contribution in [0, 0.1) is 0 Å². The van der Waals surface area contributed by atoms with Gasteiger partial charge in [-0.05, 0) is 48.3 Å². The fourth-order valence-electron chi connectivity index (χ4n) is 2.14. The average molecular weight is 361 g/mol. The maximum atomic E-state index is 12.0. The van der Waals surface area contributed by atoms with E-state index in [-0.39, 0.29) is 18.0 Å². The Morgan fingerprint density at radius 3 is 2.67 bits per heavy atom. The number of benzene rings is 2. The van der Waals surface area contributed by atoms with Gasteiger partial charge in [0.05, 0.1) is 22.9 Å². The van der Waals surface area contributed by atoms with Crippen LogP contribution >= 0.6 is 23.7 Å². The molecule has 0 aliphatic carbocycles. The first-order chi connectivity index (χ1) is 11.6. The fraction of sp³-hybridized carbons (Fsp3) is 0.176. The smallest absolute Gasteiger partial charge is 0.335 e. The number of ketones is 1. The normalized spacial score (nSPS) is 12.8. The van der Waals surface area contributed by atoms with Gasteiger partial charge in [0.1, 0.15) is 12.4 Å². The van der Waals surface area contributed by atoms with Crippen LogP contribution in [0.15, 0.2) is 53.4 Å². The van der Waals surface area contributed by atoms with Crippen molar-refractivity contribution in [2.24, 2.45) is 0 Å². The monoisotopic (exact) mass is 361 g/mol. The highest BCUT2D eigenvalue weighted by molar-refractivity contribution is 8.05. The predicted molar refractivity (Wildman–Crippen MR) is 96.0 cm³/mol. The number of nitrogens with zero attached hydrogens (tertiary/aromatic N) is 1. The first kappa shape index (κ1) is 16.7. The summed E-state index contributed by atoms with van der Waals surface area (Å²) in [5.74, 6) is 0.645. The van der Waals surface area contributed by atoms with Gasteiger partial charge in [0.2, 0.25) is 0 Å². The molecule has 2 aromatic carbocycles. The van der Waals surface area contributed by atoms with Crippen LogP contribution in [0.5, 0.6) is 5.75 Å². The summed E-state index contributed by atoms with van der Waals surface area (Å²) in [5, 5.41) is 8.83. The molecule has 0 radical (unpaired) electrons. The second kappa shape index (κ2) is 7.63. The number of ether oxygens (including phenoxy) is 1. The van der Waals surface area contributed by atoms with Crippen molar-refractivity contribution in [2.45, 2.75) is 4.90 Å². The molecule has 24 heavy (non-hydrogen) atoms. The lowest BCUT2D eigenvalue weighted by Crippen LogP contribution is -2.18. The second-order valence-electron chi connectivity index (χ2n) is 5.05. The van der Waals surface area contributed by atoms with Crippen molar-refractivity contribution in [1.29, 1.82) is 0 Å². The lowest BCUT2D eigenvalue weighted by Gasteiger charge is -2.16. The largest absolute Gasteiger partial charge is 0.486 e. The highest BCUT2D eigenvalue weighted by Crippen LogP contribution is 2.41. The molecule has 1 N–H and O–H groups in total. The molecule has 124 valence electrons. The minimum Gasteiger partial charge on any atom is -0.486 e. The van der Waals surface area contributed by atoms with Gasteiger partial charge in [0.15, 0.2) is 5.78 Å². The van der Waals surface area contributed by atoms with E-state index in [1.165, 1.54) is 29.0 Å². The summed E-state index contributed by atoms with van der Waals surface area (Å²) in [5.41, 5.74) is 1.33. The van der Waals surface area contributed by atoms with E-state index in [4.69, 9.17) is 9.84 Å². The number of aromatic carboxylic acids is 1. The maximum Gasteiger partial charge on any atom is 0.335 e. The number of carboxylic acids is 1. The topological polar surface area (TPSA) is 66.8 Å². The Kier molecular flexibility index (Phi) is 5.32. The Morgan fingerprint density at radius 1 is 1.17 bits per heavy atom. The third kappa shape index (κ3) is 4.04. The molecule has 0 saturated carbocycles. The Morgan fingerprint density at radius 2 is 1.92 bits per heavy atom. The molecule has 0 spiro atoms. The number of anilines is 1. The summed E-state index contributed by atoms with van der Waals surface area (Å²) in [4.78, 5) is 24.0. The Balaban J connectivity index is 1.46. The third-order valence-corrected chi connectivity index (χ3v) is 5.65. The number of Topliss-reactive ketones (excluding diaryl/α,β-unsaturated/α-hetero) is 1. The number of hydrogen-bond acceptors (Lipinski definition) is 6. The van der Waals surface area contributed by atoms with Gasteiger partial charge in [-0.25, -0.2) is 4.79 Å². The summed E-state index contributed by atoms with van der Waals surface area (Å²) >= 11 is 3.24. The summed E-state index contributed by atoms with van der Waals surface area (Å²) in [7, 11) is 0. The number of para-hydroxylation sites is 1. The molecule has 1 aliphatic heterocycles. The standard InChI is InChI=1S/C17H15NO4S2/c19-13(9-22-14-7-5-12(6-8-14)17(20)21)10-24-18-11-23-16-4-2-1-3-15(16)18/h1-8H,9-11H2,(H,20,21). The van der Waals surface area contributed by atoms with Crippen LogP contribution in [0.3, 0.4) is 0 Å². The van der Waals surface area contributed by atoms with Crippen LogP contribution in [0.1, 0.15) is 10.4 Å². The van der Waals surface area contributed by atoms with Crippen LogP contribution in [0.4, 0.5) is 5.69 Å². The van der Waals surface area contributed by atoms with Gasteiger partial charge in [0.25, 0.3) is 0 Å². The molecule has 5 nitrogen and oxygen atoms in total. The second-order valence-corrected chi connectivity index (χ2v) is 7.02. The van der Waals surface area contributed by atoms with Crippen molar-refractivity contribution in [2.75, 3.05) is 22.5 Å². The van der Waals surface area contributed by atoms with Gasteiger partial charge < -0.3 is 14.1 Å². The molecule has 7 heteroatoms. The SMILES string of the molecule is O=C(COc1ccc(C(=O)O)cc1)CSN1CSc2ccccc21. The molecule has 1 aliphatic rings. The number of carbonyl (C=O) groups is 2. The molecule has 0 aromatic heterocycles. The van der Waals surface area contributed by atoms with E-state index in [1.54, 1.807) is 23.9 Å². The maximum absolute atomic E-state index is 12.0. The van der Waals surface area contributed by atoms with Crippen molar-refractivity contribution >= 4 is 41.1 Å². The van der Waals surface area contributed by atoms with Crippen LogP contribution in [0.25, 0.3) is 0 Å². The predicted octanol–water partition coefficient (Wildman–Crippen LogP) is 3.55. The van der Waals surface area contributed by atoms with Crippen LogP contribution in [-0.2, 0) is 4.79 Å². The van der Waals surface area contributed by atoms with Crippen molar-refractivity contribution in [3.05, 3.63) is 54.1 Å². The van der Waals surface area contributed by atoms with Gasteiger partial charge in [-0.1, -0.05) is 12.1 Å². The lowest BCUT2D eigenvalue weighted by atomic mass is 10.2. The zero-order valence-electron chi connectivity index (χ0n) is 12.7. The minimum atomic E-state index is -0.988. The van der Waals surface area contributed by atoms with Crippen molar-refractivity contribution in [3.8, 4) is 5.75 Å². The number of hydrogen-bond donors (Lipinski definition) is 1. The number of carboxylic acid groups (broad SMARTS) is 1. The zero-order valence-corrected chi connectivity index (χ0v) is 14.3. The molecule has 0 amide bonds. The van der Waals surface area contributed by atoms with Gasteiger partial charge in [-0.15, -0.1) is 11.8 Å². The molecule has 3 rings (SSSR count). The fourth-order valence-corrected chi connectivity index (χ4v) is 4.23. The van der Waals surface area contributed by atoms with E-state index in [9.17, 15) is 9.59 Å². The van der Waals surface area contributed by atoms with Crippen LogP contribution < -0.4 is 9.04 Å². The van der Waals surface area contributed by atoms with Crippen LogP contribution in [-0.4, -0.2) is 35.1 Å². The number of rotatable bonds is 7. The van der Waals surface area contributed by atoms with Gasteiger partial charge in [0, 0.05) is 4.90 Å². The minimum absolute atomic E-state index is 0.0170. The Bertz CT molecular complexity index is 749. The summed E-state index contributed by atoms with van der Waals surface area (Å²) < 4.78 is 7.52. The Labute approximate surface area is 148 Å². The van der Waals surface area contributed by atoms with Crippen LogP contribution in [0.2, 0.25) is 0 Å². The van der Waals surface area contributed by atoms with Crippen molar-refractivity contribution < 1.29 is 19.4 Å². The first-order valence-corrected chi connectivity index (χ1v) is 9.16. The quantitative estimate of drug-likeness (QED) is 0.757. The van der Waals surface area contributed by atoms with E-state index in [2.05, 4.69) is 10.4 Å². The molecule has 2 aromatic rings. The molecular formula is C17H15NO4S2. The summed E-state index contributed by atoms with van der Waals surface area (Å²) in [6.07, 6.45) is 0. The van der Waals surface area contributed by atoms with Gasteiger partial charge in [-0.3, -0.25) is 4.79 Å². The Hall–Kier alpha value is -2.12. The number of fused-ring (bicyclic) bond motifs is 1. The van der Waals surface area contributed by atoms with E-state index in [0.29, 0.717) is 11.5 Å². The molecule has 0 saturated heterocycles. The highest BCUT2D eigenvalue weighted by atomic mass is 32.2. The van der Waals surface area contributed by atoms with E-state index < -0.39 is 5.97 Å². The number of carbonyl (C=O) groups excluding carboxylic acids is 1. The van der Waals surface area contributed by atoms with Crippen molar-refractivity contribution in [1.82, 2.24) is 0 Å². The van der Waals surface area contributed by atoms with E-state index >= 15 is 0 Å². The molecular weight excluding hydrogens is 346 g/mol. The first-order valence-electron chi connectivity index (χ1n) is 7.23. The zero-order chi connectivity index (χ0) is 16.9. The molecule has 0 fully saturated rings. The summed E-state index contributed by atoms with van der Waals surface area (Å²) in [6, 6.07) is 14.1. The molecule has 0 atom stereocenters. The molecule has 0 bridgehead atoms. The average Bonchev–Trinajstić information content (AvgIpc) is 3.01.